The second-order valence-electron chi connectivity index (χ2n) is 16.9. The molecule has 0 fully saturated rings. The molecule has 11 aromatic rings. The smallest absolute Gasteiger partial charge is 0.160 e. The topological polar surface area (TPSA) is 34.0 Å². The summed E-state index contributed by atoms with van der Waals surface area (Å²) in [5.41, 5.74) is 14.2. The van der Waals surface area contributed by atoms with Gasteiger partial charge in [-0.2, -0.15) is 0 Å². The predicted molar refractivity (Wildman–Crippen MR) is 267 cm³/mol. The molecule has 300 valence electrons. The monoisotopic (exact) mass is 816 g/mol. The van der Waals surface area contributed by atoms with Gasteiger partial charge in [0.15, 0.2) is 5.82 Å². The number of allylic oxidation sites excluding steroid dienone is 2. The van der Waals surface area contributed by atoms with E-state index < -0.39 is 0 Å². The van der Waals surface area contributed by atoms with Crippen molar-refractivity contribution >= 4 is 54.7 Å². The summed E-state index contributed by atoms with van der Waals surface area (Å²) in [4.78, 5) is 13.3. The molecular formula is C60H40N4. The Balaban J connectivity index is 1.09. The third-order valence-electron chi connectivity index (χ3n) is 13.3. The second-order valence-corrected chi connectivity index (χ2v) is 16.9. The fraction of sp³-hybridized carbons (Fsp3) is 0.0333. The van der Waals surface area contributed by atoms with Crippen molar-refractivity contribution in [3.8, 4) is 50.7 Å². The van der Waals surface area contributed by atoms with Crippen LogP contribution in [0.25, 0.3) is 94.1 Å². The Kier molecular flexibility index (Phi) is 8.31. The SMILES string of the molecule is C1=CC2c3c(ccc4ccccc34)N(c3cc(-c4cc(-c5cccc(-c6ccccc6)c5)nc(-c5ccccc5)n4)cc(-n4c5ccccc5c5c6ccccc6ccc54)c3)C2C=C1. The van der Waals surface area contributed by atoms with Crippen LogP contribution in [0.2, 0.25) is 0 Å². The van der Waals surface area contributed by atoms with Crippen LogP contribution in [0.4, 0.5) is 11.4 Å². The number of nitrogens with zero attached hydrogens (tertiary/aromatic N) is 4. The summed E-state index contributed by atoms with van der Waals surface area (Å²) in [7, 11) is 0. The lowest BCUT2D eigenvalue weighted by molar-refractivity contribution is 0.747. The van der Waals surface area contributed by atoms with E-state index in [-0.39, 0.29) is 12.0 Å². The number of hydrogen-bond acceptors (Lipinski definition) is 3. The molecule has 64 heavy (non-hydrogen) atoms. The minimum Gasteiger partial charge on any atom is -0.333 e. The molecule has 3 heterocycles. The van der Waals surface area contributed by atoms with Crippen molar-refractivity contribution in [2.75, 3.05) is 4.90 Å². The van der Waals surface area contributed by atoms with Gasteiger partial charge in [0.2, 0.25) is 0 Å². The molecule has 13 rings (SSSR count). The Morgan fingerprint density at radius 1 is 0.391 bits per heavy atom. The number of fused-ring (bicyclic) bond motifs is 10. The van der Waals surface area contributed by atoms with Crippen LogP contribution >= 0.6 is 0 Å². The Bertz CT molecular complexity index is 3690. The fourth-order valence-corrected chi connectivity index (χ4v) is 10.4. The van der Waals surface area contributed by atoms with Crippen molar-refractivity contribution < 1.29 is 0 Å². The quantitative estimate of drug-likeness (QED) is 0.168. The lowest BCUT2D eigenvalue weighted by Gasteiger charge is -2.29. The van der Waals surface area contributed by atoms with E-state index in [0.29, 0.717) is 5.82 Å². The van der Waals surface area contributed by atoms with Gasteiger partial charge in [-0.15, -0.1) is 0 Å². The molecule has 4 nitrogen and oxygen atoms in total. The van der Waals surface area contributed by atoms with Crippen LogP contribution < -0.4 is 4.90 Å². The average Bonchev–Trinajstić information content (AvgIpc) is 3.90. The molecule has 0 saturated heterocycles. The number of aromatic nitrogens is 3. The van der Waals surface area contributed by atoms with Crippen LogP contribution in [0, 0.1) is 0 Å². The maximum atomic E-state index is 5.44. The molecule has 0 spiro atoms. The van der Waals surface area contributed by atoms with E-state index in [1.807, 2.05) is 6.07 Å². The van der Waals surface area contributed by atoms with Gasteiger partial charge in [-0.05, 0) is 86.8 Å². The van der Waals surface area contributed by atoms with E-state index in [0.717, 1.165) is 50.5 Å². The standard InChI is InChI=1S/C60H40N4/c1-3-16-39(17-4-1)43-22-15-23-44(34-43)52-38-53(62-60(61-52)42-20-5-2-6-21-42)45-35-46(63-54-28-13-11-26-50(54)58-48-24-9-7-18-40(48)30-32-56(58)63)37-47(36-45)64-55-29-14-12-27-51(55)59-49-25-10-8-19-41(49)31-33-57(59)64/h1-38,50,54H. The molecule has 9 aromatic carbocycles. The largest absolute Gasteiger partial charge is 0.333 e. The fourth-order valence-electron chi connectivity index (χ4n) is 10.4. The molecule has 2 aromatic heterocycles. The number of benzene rings is 9. The molecule has 0 bridgehead atoms. The summed E-state index contributed by atoms with van der Waals surface area (Å²) >= 11 is 0. The van der Waals surface area contributed by atoms with E-state index in [4.69, 9.17) is 9.97 Å². The Morgan fingerprint density at radius 3 is 1.84 bits per heavy atom. The first-order valence-corrected chi connectivity index (χ1v) is 22.1. The first kappa shape index (κ1) is 36.3. The first-order valence-electron chi connectivity index (χ1n) is 22.1. The molecule has 0 amide bonds. The summed E-state index contributed by atoms with van der Waals surface area (Å²) < 4.78 is 2.46. The highest BCUT2D eigenvalue weighted by Gasteiger charge is 2.39. The number of anilines is 2. The normalized spacial score (nSPS) is 15.3. The van der Waals surface area contributed by atoms with Crippen molar-refractivity contribution in [1.82, 2.24) is 14.5 Å². The molecule has 0 saturated carbocycles. The van der Waals surface area contributed by atoms with Gasteiger partial charge >= 0.3 is 0 Å². The average molecular weight is 817 g/mol. The van der Waals surface area contributed by atoms with Gasteiger partial charge in [0, 0.05) is 50.4 Å². The third kappa shape index (κ3) is 5.84. The molecule has 2 atom stereocenters. The summed E-state index contributed by atoms with van der Waals surface area (Å²) in [6, 6.07) is 74.5. The van der Waals surface area contributed by atoms with Gasteiger partial charge in [0.1, 0.15) is 0 Å². The summed E-state index contributed by atoms with van der Waals surface area (Å²) in [6.07, 6.45) is 9.16. The van der Waals surface area contributed by atoms with Crippen LogP contribution in [0.5, 0.6) is 0 Å². The lowest BCUT2D eigenvalue weighted by atomic mass is 9.88. The first-order chi connectivity index (χ1) is 31.7. The number of rotatable bonds is 6. The van der Waals surface area contributed by atoms with Gasteiger partial charge in [-0.3, -0.25) is 0 Å². The molecule has 1 aliphatic heterocycles. The summed E-state index contributed by atoms with van der Waals surface area (Å²) in [6.45, 7) is 0. The van der Waals surface area contributed by atoms with Gasteiger partial charge in [0.25, 0.3) is 0 Å². The summed E-state index contributed by atoms with van der Waals surface area (Å²) in [5, 5.41) is 7.53. The van der Waals surface area contributed by atoms with Crippen LogP contribution in [-0.4, -0.2) is 20.6 Å². The molecule has 2 unspecified atom stereocenters. The highest BCUT2D eigenvalue weighted by Crippen LogP contribution is 2.51. The zero-order chi connectivity index (χ0) is 42.1. The maximum absolute atomic E-state index is 5.44. The van der Waals surface area contributed by atoms with Crippen molar-refractivity contribution in [2.24, 2.45) is 0 Å². The van der Waals surface area contributed by atoms with E-state index in [1.54, 1.807) is 0 Å². The van der Waals surface area contributed by atoms with Crippen molar-refractivity contribution in [2.45, 2.75) is 12.0 Å². The molecular weight excluding hydrogens is 777 g/mol. The van der Waals surface area contributed by atoms with Crippen LogP contribution in [0.3, 0.4) is 0 Å². The third-order valence-corrected chi connectivity index (χ3v) is 13.3. The predicted octanol–water partition coefficient (Wildman–Crippen LogP) is 15.3. The zero-order valence-electron chi connectivity index (χ0n) is 34.9. The lowest BCUT2D eigenvalue weighted by Crippen LogP contribution is -2.28. The molecule has 4 heteroatoms. The minimum absolute atomic E-state index is 0.0950. The molecule has 0 N–H and O–H groups in total. The second kappa shape index (κ2) is 14.6. The minimum atomic E-state index is 0.0950. The molecule has 1 aliphatic carbocycles. The Morgan fingerprint density at radius 2 is 1.02 bits per heavy atom. The van der Waals surface area contributed by atoms with Crippen molar-refractivity contribution in [3.63, 3.8) is 0 Å². The number of hydrogen-bond donors (Lipinski definition) is 0. The highest BCUT2D eigenvalue weighted by atomic mass is 15.2. The zero-order valence-corrected chi connectivity index (χ0v) is 34.9. The van der Waals surface area contributed by atoms with Gasteiger partial charge in [-0.1, -0.05) is 182 Å². The van der Waals surface area contributed by atoms with Gasteiger partial charge in [-0.25, -0.2) is 9.97 Å². The summed E-state index contributed by atoms with van der Waals surface area (Å²) in [5.74, 6) is 0.886. The van der Waals surface area contributed by atoms with Gasteiger partial charge < -0.3 is 9.47 Å². The van der Waals surface area contributed by atoms with Crippen molar-refractivity contribution in [3.05, 3.63) is 236 Å². The Hall–Kier alpha value is -8.34. The number of para-hydroxylation sites is 1. The van der Waals surface area contributed by atoms with E-state index in [1.165, 1.54) is 54.6 Å². The van der Waals surface area contributed by atoms with E-state index >= 15 is 0 Å². The van der Waals surface area contributed by atoms with Crippen LogP contribution in [0.15, 0.2) is 231 Å². The Labute approximate surface area is 371 Å². The molecule has 2 aliphatic rings. The van der Waals surface area contributed by atoms with E-state index in [9.17, 15) is 0 Å². The highest BCUT2D eigenvalue weighted by molar-refractivity contribution is 6.21. The maximum Gasteiger partial charge on any atom is 0.160 e. The van der Waals surface area contributed by atoms with Crippen LogP contribution in [0.1, 0.15) is 11.5 Å². The van der Waals surface area contributed by atoms with E-state index in [2.05, 4.69) is 234 Å². The van der Waals surface area contributed by atoms with Gasteiger partial charge in [0.05, 0.1) is 28.5 Å². The van der Waals surface area contributed by atoms with Crippen LogP contribution in [-0.2, 0) is 0 Å². The van der Waals surface area contributed by atoms with Crippen molar-refractivity contribution in [1.29, 1.82) is 0 Å². The molecule has 0 radical (unpaired) electrons.